The van der Waals surface area contributed by atoms with Crippen molar-refractivity contribution < 1.29 is 19.2 Å². The van der Waals surface area contributed by atoms with Gasteiger partial charge in [-0.25, -0.2) is 4.90 Å². The highest BCUT2D eigenvalue weighted by molar-refractivity contribution is 6.38. The summed E-state index contributed by atoms with van der Waals surface area (Å²) in [5.74, 6) is -0.614. The predicted molar refractivity (Wildman–Crippen MR) is 195 cm³/mol. The molecular weight excluding hydrogens is 596 g/mol. The molecule has 0 heterocycles. The number of nitrogens with zero attached hydrogens (tertiary/aromatic N) is 2. The maximum Gasteiger partial charge on any atom is 0.265 e. The number of aldehydes is 1. The third-order valence-corrected chi connectivity index (χ3v) is 9.81. The van der Waals surface area contributed by atoms with E-state index >= 15 is 0 Å². The lowest BCUT2D eigenvalue weighted by Crippen LogP contribution is -2.31. The Hall–Kier alpha value is -5.88. The Balaban J connectivity index is 1.51. The van der Waals surface area contributed by atoms with Gasteiger partial charge in [0.25, 0.3) is 11.8 Å². The van der Waals surface area contributed by atoms with E-state index in [-0.39, 0.29) is 5.91 Å². The van der Waals surface area contributed by atoms with Crippen LogP contribution in [0, 0.1) is 34.6 Å². The van der Waals surface area contributed by atoms with Gasteiger partial charge in [-0.05, 0) is 112 Å². The zero-order chi connectivity index (χ0) is 34.0. The first-order valence-electron chi connectivity index (χ1n) is 15.9. The van der Waals surface area contributed by atoms with Gasteiger partial charge >= 0.3 is 0 Å². The van der Waals surface area contributed by atoms with Crippen LogP contribution in [-0.4, -0.2) is 31.6 Å². The minimum absolute atomic E-state index is 0.208. The van der Waals surface area contributed by atoms with E-state index in [1.165, 1.54) is 4.90 Å². The van der Waals surface area contributed by atoms with Crippen LogP contribution in [0.1, 0.15) is 58.9 Å². The quantitative estimate of drug-likeness (QED) is 0.104. The molecule has 0 aliphatic carbocycles. The monoisotopic (exact) mass is 630 g/mol. The molecule has 0 N–H and O–H groups in total. The van der Waals surface area contributed by atoms with Crippen LogP contribution in [0.5, 0.6) is 0 Å². The summed E-state index contributed by atoms with van der Waals surface area (Å²) >= 11 is 0. The van der Waals surface area contributed by atoms with Crippen molar-refractivity contribution in [3.63, 3.8) is 0 Å². The predicted octanol–water partition coefficient (Wildman–Crippen LogP) is 9.17. The van der Waals surface area contributed by atoms with E-state index in [0.717, 1.165) is 77.5 Å². The van der Waals surface area contributed by atoms with Gasteiger partial charge < -0.3 is 4.90 Å². The zero-order valence-electron chi connectivity index (χ0n) is 27.8. The van der Waals surface area contributed by atoms with Crippen LogP contribution in [0.3, 0.4) is 0 Å². The van der Waals surface area contributed by atoms with E-state index in [9.17, 15) is 19.2 Å². The minimum atomic E-state index is -0.406. The number of anilines is 2. The topological polar surface area (TPSA) is 74.8 Å². The van der Waals surface area contributed by atoms with E-state index in [4.69, 9.17) is 0 Å². The molecule has 0 radical (unpaired) electrons. The van der Waals surface area contributed by atoms with Crippen LogP contribution >= 0.6 is 0 Å². The molecule has 0 atom stereocenters. The van der Waals surface area contributed by atoms with Gasteiger partial charge in [-0.15, -0.1) is 0 Å². The van der Waals surface area contributed by atoms with Gasteiger partial charge in [0.05, 0.1) is 5.69 Å². The number of amides is 3. The molecule has 7 aromatic rings. The molecule has 0 saturated carbocycles. The third kappa shape index (κ3) is 4.40. The molecule has 0 fully saturated rings. The smallest absolute Gasteiger partial charge is 0.265 e. The van der Waals surface area contributed by atoms with Gasteiger partial charge in [0.15, 0.2) is 6.29 Å². The number of carbonyl (C=O) groups is 4. The van der Waals surface area contributed by atoms with Crippen molar-refractivity contribution in [2.24, 2.45) is 0 Å². The lowest BCUT2D eigenvalue weighted by atomic mass is 9.84. The summed E-state index contributed by atoms with van der Waals surface area (Å²) in [5, 5.41) is 6.62. The normalized spacial score (nSPS) is 11.5. The lowest BCUT2D eigenvalue weighted by molar-refractivity contribution is -0.107. The van der Waals surface area contributed by atoms with Crippen molar-refractivity contribution in [2.45, 2.75) is 34.6 Å². The minimum Gasteiger partial charge on any atom is -0.311 e. The Morgan fingerprint density at radius 2 is 0.958 bits per heavy atom. The van der Waals surface area contributed by atoms with Crippen molar-refractivity contribution in [3.05, 3.63) is 129 Å². The fraction of sp³-hybridized carbons (Fsp3) is 0.143. The molecular formula is C42H34N2O4. The van der Waals surface area contributed by atoms with Crippen molar-refractivity contribution in [2.75, 3.05) is 16.8 Å². The van der Waals surface area contributed by atoms with Crippen molar-refractivity contribution in [1.29, 1.82) is 0 Å². The lowest BCUT2D eigenvalue weighted by Gasteiger charge is -2.24. The summed E-state index contributed by atoms with van der Waals surface area (Å²) in [6.07, 6.45) is 1.40. The molecule has 7 aromatic carbocycles. The molecule has 3 amide bonds. The van der Waals surface area contributed by atoms with Crippen molar-refractivity contribution in [1.82, 2.24) is 0 Å². The van der Waals surface area contributed by atoms with Crippen LogP contribution in [0.2, 0.25) is 0 Å². The van der Waals surface area contributed by atoms with E-state index in [1.54, 1.807) is 24.1 Å². The zero-order valence-corrected chi connectivity index (χ0v) is 27.8. The van der Waals surface area contributed by atoms with Gasteiger partial charge in [-0.2, -0.15) is 0 Å². The third-order valence-electron chi connectivity index (χ3n) is 9.81. The summed E-state index contributed by atoms with van der Waals surface area (Å²) in [6, 6.07) is 26.8. The molecule has 0 spiro atoms. The molecule has 0 aromatic heterocycles. The van der Waals surface area contributed by atoms with Crippen LogP contribution < -0.4 is 9.80 Å². The molecule has 0 aliphatic rings. The average Bonchev–Trinajstić information content (AvgIpc) is 3.08. The molecule has 7 rings (SSSR count). The second-order valence-electron chi connectivity index (χ2n) is 12.7. The first kappa shape index (κ1) is 30.8. The van der Waals surface area contributed by atoms with Gasteiger partial charge in [-0.3, -0.25) is 19.2 Å². The highest BCUT2D eigenvalue weighted by Crippen LogP contribution is 2.44. The maximum atomic E-state index is 14.3. The van der Waals surface area contributed by atoms with Crippen LogP contribution in [0.15, 0.2) is 84.9 Å². The number of rotatable bonds is 6. The Kier molecular flexibility index (Phi) is 7.32. The number of imide groups is 1. The summed E-state index contributed by atoms with van der Waals surface area (Å²) in [5.41, 5.74) is 7.24. The first-order valence-corrected chi connectivity index (χ1v) is 15.9. The number of hydrogen-bond donors (Lipinski definition) is 0. The summed E-state index contributed by atoms with van der Waals surface area (Å²) in [7, 11) is 1.77. The Bertz CT molecular complexity index is 2450. The fourth-order valence-electron chi connectivity index (χ4n) is 7.68. The van der Waals surface area contributed by atoms with Crippen LogP contribution in [0.4, 0.5) is 11.4 Å². The summed E-state index contributed by atoms with van der Waals surface area (Å²) < 4.78 is 0. The highest BCUT2D eigenvalue weighted by Gasteiger charge is 2.27. The summed E-state index contributed by atoms with van der Waals surface area (Å²) in [4.78, 5) is 56.4. The summed E-state index contributed by atoms with van der Waals surface area (Å²) in [6.45, 7) is 9.71. The molecule has 0 unspecified atom stereocenters. The number of carbonyl (C=O) groups excluding carboxylic acids is 4. The van der Waals surface area contributed by atoms with Crippen LogP contribution in [0.25, 0.3) is 43.1 Å². The number of fused-ring (bicyclic) bond motifs is 2. The Labute approximate surface area is 278 Å². The van der Waals surface area contributed by atoms with Gasteiger partial charge in [0, 0.05) is 34.8 Å². The number of aryl methyl sites for hydroxylation is 5. The molecule has 0 saturated heterocycles. The van der Waals surface area contributed by atoms with Crippen molar-refractivity contribution >= 4 is 79.0 Å². The standard InChI is InChI=1S/C42H34N2O4/c1-23-13-15-29-30-16-14-28(21-45)36-34(41(47)43(6)39-24(2)9-7-10-25(39)3)20-18-32(38(30)36)31-17-19-33(35(23)37(29)31)42(48)44(22-46)40-26(4)11-8-12-27(40)5/h7-22H,1-6H3. The van der Waals surface area contributed by atoms with E-state index in [0.29, 0.717) is 34.2 Å². The van der Waals surface area contributed by atoms with Crippen molar-refractivity contribution in [3.8, 4) is 0 Å². The Morgan fingerprint density at radius 1 is 0.500 bits per heavy atom. The fourth-order valence-corrected chi connectivity index (χ4v) is 7.68. The van der Waals surface area contributed by atoms with Gasteiger partial charge in [0.1, 0.15) is 0 Å². The molecule has 0 bridgehead atoms. The number of para-hydroxylation sites is 2. The SMILES string of the molecule is Cc1cccc(C)c1N(C)C(=O)c1ccc2c3ccc(C(=O)N(C=O)c4c(C)cccc4C)c4c(C)ccc(c5ccc(C=O)c1c52)c43. The average molecular weight is 631 g/mol. The number of benzene rings is 7. The Morgan fingerprint density at radius 3 is 1.48 bits per heavy atom. The second kappa shape index (κ2) is 11.4. The molecule has 0 aliphatic heterocycles. The van der Waals surface area contributed by atoms with E-state index < -0.39 is 5.91 Å². The van der Waals surface area contributed by atoms with E-state index in [1.807, 2.05) is 107 Å². The molecule has 6 nitrogen and oxygen atoms in total. The van der Waals surface area contributed by atoms with E-state index in [2.05, 4.69) is 0 Å². The highest BCUT2D eigenvalue weighted by atomic mass is 16.2. The van der Waals surface area contributed by atoms with Gasteiger partial charge in [-0.1, -0.05) is 72.8 Å². The maximum absolute atomic E-state index is 14.3. The first-order chi connectivity index (χ1) is 23.1. The molecule has 6 heteroatoms. The van der Waals surface area contributed by atoms with Gasteiger partial charge in [0.2, 0.25) is 6.41 Å². The second-order valence-corrected chi connectivity index (χ2v) is 12.7. The number of hydrogen-bond acceptors (Lipinski definition) is 4. The van der Waals surface area contributed by atoms with Crippen LogP contribution in [-0.2, 0) is 4.79 Å². The molecule has 236 valence electrons. The molecule has 48 heavy (non-hydrogen) atoms. The largest absolute Gasteiger partial charge is 0.311 e.